The van der Waals surface area contributed by atoms with Crippen LogP contribution in [-0.4, -0.2) is 11.7 Å². The van der Waals surface area contributed by atoms with Crippen LogP contribution in [0.25, 0.3) is 0 Å². The summed E-state index contributed by atoms with van der Waals surface area (Å²) < 4.78 is 0. The first kappa shape index (κ1) is 11.0. The summed E-state index contributed by atoms with van der Waals surface area (Å²) in [6.45, 7) is 0.993. The van der Waals surface area contributed by atoms with Crippen molar-refractivity contribution in [3.63, 3.8) is 0 Å². The average molecular weight is 250 g/mol. The summed E-state index contributed by atoms with van der Waals surface area (Å²) in [5.41, 5.74) is 0.986. The third-order valence-corrected chi connectivity index (χ3v) is 4.24. The highest BCUT2D eigenvalue weighted by atomic mass is 35.5. The average Bonchev–Trinajstić information content (AvgIpc) is 2.92. The van der Waals surface area contributed by atoms with Gasteiger partial charge in [-0.05, 0) is 48.8 Å². The Kier molecular flexibility index (Phi) is 2.75. The topological polar surface area (TPSA) is 32.3 Å². The number of benzene rings is 1. The van der Waals surface area contributed by atoms with Gasteiger partial charge >= 0.3 is 0 Å². The van der Waals surface area contributed by atoms with Crippen molar-refractivity contribution in [3.05, 3.63) is 35.4 Å². The summed E-state index contributed by atoms with van der Waals surface area (Å²) in [7, 11) is 0. The molecule has 2 N–H and O–H groups in total. The predicted molar refractivity (Wildman–Crippen MR) is 70.5 cm³/mol. The lowest BCUT2D eigenvalue weighted by molar-refractivity contribution is 0.471. The molecule has 0 radical (unpaired) electrons. The molecular weight excluding hydrogens is 234 g/mol. The molecule has 2 nitrogen and oxygen atoms in total. The quantitative estimate of drug-likeness (QED) is 0.633. The Morgan fingerprint density at radius 1 is 1.29 bits per heavy atom. The highest BCUT2D eigenvalue weighted by Crippen LogP contribution is 2.43. The first-order valence-electron chi connectivity index (χ1n) is 6.13. The number of hydrogen-bond acceptors (Lipinski definition) is 2. The zero-order valence-corrected chi connectivity index (χ0v) is 10.3. The highest BCUT2D eigenvalue weighted by molar-refractivity contribution is 6.32. The molecule has 2 aliphatic carbocycles. The second kappa shape index (κ2) is 4.26. The van der Waals surface area contributed by atoms with E-state index >= 15 is 0 Å². The second-order valence-electron chi connectivity index (χ2n) is 5.09. The van der Waals surface area contributed by atoms with E-state index in [9.17, 15) is 5.11 Å². The van der Waals surface area contributed by atoms with Gasteiger partial charge in [-0.2, -0.15) is 0 Å². The smallest absolute Gasteiger partial charge is 0.134 e. The van der Waals surface area contributed by atoms with Crippen LogP contribution in [0.3, 0.4) is 0 Å². The van der Waals surface area contributed by atoms with Gasteiger partial charge in [0.25, 0.3) is 0 Å². The summed E-state index contributed by atoms with van der Waals surface area (Å²) >= 11 is 5.87. The van der Waals surface area contributed by atoms with Crippen molar-refractivity contribution < 1.29 is 5.11 Å². The van der Waals surface area contributed by atoms with Gasteiger partial charge in [0, 0.05) is 12.2 Å². The number of aromatic hydroxyl groups is 1. The lowest BCUT2D eigenvalue weighted by Crippen LogP contribution is -2.18. The van der Waals surface area contributed by atoms with Gasteiger partial charge in [0.1, 0.15) is 5.75 Å². The standard InChI is InChI=1S/C14H16ClNO/c15-13-7-12(3-4-14(13)17)16-8-11-6-9-1-2-10(11)5-9/h1-4,7,9-11,16-17H,5-6,8H2. The van der Waals surface area contributed by atoms with Crippen molar-refractivity contribution in [2.45, 2.75) is 12.8 Å². The first-order valence-corrected chi connectivity index (χ1v) is 6.51. The van der Waals surface area contributed by atoms with E-state index in [2.05, 4.69) is 17.5 Å². The van der Waals surface area contributed by atoms with Gasteiger partial charge in [-0.1, -0.05) is 23.8 Å². The van der Waals surface area contributed by atoms with Gasteiger partial charge in [0.15, 0.2) is 0 Å². The lowest BCUT2D eigenvalue weighted by Gasteiger charge is -2.19. The number of anilines is 1. The molecule has 0 heterocycles. The third-order valence-electron chi connectivity index (χ3n) is 3.93. The number of fused-ring (bicyclic) bond motifs is 2. The summed E-state index contributed by atoms with van der Waals surface area (Å²) in [6, 6.07) is 5.27. The van der Waals surface area contributed by atoms with E-state index in [0.29, 0.717) is 5.02 Å². The molecule has 3 atom stereocenters. The van der Waals surface area contributed by atoms with E-state index < -0.39 is 0 Å². The molecule has 3 unspecified atom stereocenters. The fraction of sp³-hybridized carbons (Fsp3) is 0.429. The minimum absolute atomic E-state index is 0.139. The molecule has 3 heteroatoms. The normalized spacial score (nSPS) is 29.8. The molecular formula is C14H16ClNO. The van der Waals surface area contributed by atoms with Gasteiger partial charge in [-0.25, -0.2) is 0 Å². The Morgan fingerprint density at radius 3 is 2.82 bits per heavy atom. The Morgan fingerprint density at radius 2 is 2.18 bits per heavy atom. The third kappa shape index (κ3) is 2.14. The van der Waals surface area contributed by atoms with Gasteiger partial charge in [-0.15, -0.1) is 0 Å². The van der Waals surface area contributed by atoms with Crippen molar-refractivity contribution in [1.82, 2.24) is 0 Å². The zero-order valence-electron chi connectivity index (χ0n) is 9.57. The van der Waals surface area contributed by atoms with E-state index in [1.165, 1.54) is 12.8 Å². The molecule has 2 aliphatic rings. The van der Waals surface area contributed by atoms with Gasteiger partial charge in [0.2, 0.25) is 0 Å². The molecule has 17 heavy (non-hydrogen) atoms. The molecule has 0 spiro atoms. The van der Waals surface area contributed by atoms with E-state index in [-0.39, 0.29) is 5.75 Å². The van der Waals surface area contributed by atoms with Crippen molar-refractivity contribution in [2.24, 2.45) is 17.8 Å². The first-order chi connectivity index (χ1) is 8.22. The molecule has 0 saturated heterocycles. The molecule has 0 aromatic heterocycles. The van der Waals surface area contributed by atoms with Crippen LogP contribution in [0.4, 0.5) is 5.69 Å². The second-order valence-corrected chi connectivity index (χ2v) is 5.49. The maximum atomic E-state index is 9.34. The number of phenols is 1. The molecule has 1 fully saturated rings. The van der Waals surface area contributed by atoms with E-state index in [0.717, 1.165) is 30.0 Å². The van der Waals surface area contributed by atoms with E-state index in [4.69, 9.17) is 11.6 Å². The fourth-order valence-electron chi connectivity index (χ4n) is 3.00. The van der Waals surface area contributed by atoms with E-state index in [1.54, 1.807) is 12.1 Å². The molecule has 0 amide bonds. The molecule has 1 aromatic carbocycles. The van der Waals surface area contributed by atoms with Crippen molar-refractivity contribution in [2.75, 3.05) is 11.9 Å². The van der Waals surface area contributed by atoms with Crippen LogP contribution < -0.4 is 5.32 Å². The summed E-state index contributed by atoms with van der Waals surface area (Å²) in [5.74, 6) is 2.47. The number of allylic oxidation sites excluding steroid dienone is 2. The van der Waals surface area contributed by atoms with E-state index in [1.807, 2.05) is 6.07 Å². The van der Waals surface area contributed by atoms with Gasteiger partial charge < -0.3 is 10.4 Å². The van der Waals surface area contributed by atoms with Crippen LogP contribution >= 0.6 is 11.6 Å². The maximum absolute atomic E-state index is 9.34. The molecule has 1 saturated carbocycles. The molecule has 90 valence electrons. The number of rotatable bonds is 3. The monoisotopic (exact) mass is 249 g/mol. The SMILES string of the molecule is Oc1ccc(NCC2CC3C=CC2C3)cc1Cl. The lowest BCUT2D eigenvalue weighted by atomic mass is 9.93. The fourth-order valence-corrected chi connectivity index (χ4v) is 3.18. The highest BCUT2D eigenvalue weighted by Gasteiger charge is 2.35. The maximum Gasteiger partial charge on any atom is 0.134 e. The van der Waals surface area contributed by atoms with Crippen LogP contribution in [0.2, 0.25) is 5.02 Å². The molecule has 0 aliphatic heterocycles. The van der Waals surface area contributed by atoms with Gasteiger partial charge in [0.05, 0.1) is 5.02 Å². The predicted octanol–water partition coefficient (Wildman–Crippen LogP) is 3.67. The molecule has 2 bridgehead atoms. The van der Waals surface area contributed by atoms with Crippen molar-refractivity contribution in [3.8, 4) is 5.75 Å². The summed E-state index contributed by atoms with van der Waals surface area (Å²) in [5, 5.41) is 13.2. The minimum atomic E-state index is 0.139. The van der Waals surface area contributed by atoms with Gasteiger partial charge in [-0.3, -0.25) is 0 Å². The van der Waals surface area contributed by atoms with Crippen LogP contribution in [0.15, 0.2) is 30.4 Å². The Balaban J connectivity index is 1.61. The minimum Gasteiger partial charge on any atom is -0.506 e. The Labute approximate surface area is 106 Å². The van der Waals surface area contributed by atoms with Crippen molar-refractivity contribution >= 4 is 17.3 Å². The number of phenolic OH excluding ortho intramolecular Hbond substituents is 1. The molecule has 3 rings (SSSR count). The number of halogens is 1. The summed E-state index contributed by atoms with van der Waals surface area (Å²) in [4.78, 5) is 0. The number of hydrogen-bond donors (Lipinski definition) is 2. The van der Waals surface area contributed by atoms with Crippen LogP contribution in [0, 0.1) is 17.8 Å². The van der Waals surface area contributed by atoms with Crippen molar-refractivity contribution in [1.29, 1.82) is 0 Å². The van der Waals surface area contributed by atoms with Crippen LogP contribution in [0.1, 0.15) is 12.8 Å². The zero-order chi connectivity index (χ0) is 11.8. The van der Waals surface area contributed by atoms with Crippen LogP contribution in [0.5, 0.6) is 5.75 Å². The Hall–Kier alpha value is -1.15. The Bertz CT molecular complexity index is 458. The van der Waals surface area contributed by atoms with Crippen LogP contribution in [-0.2, 0) is 0 Å². The molecule has 1 aromatic rings. The number of nitrogens with one attached hydrogen (secondary N) is 1. The summed E-state index contributed by atoms with van der Waals surface area (Å²) in [6.07, 6.45) is 7.37. The largest absolute Gasteiger partial charge is 0.506 e.